The average Bonchev–Trinajstić information content (AvgIpc) is 3.99. The zero-order chi connectivity index (χ0) is 42.3. The number of nitrogens with zero attached hydrogens (tertiary/aromatic N) is 4. The van der Waals surface area contributed by atoms with Gasteiger partial charge in [-0.15, -0.1) is 22.1 Å². The normalized spacial score (nSPS) is 12.0. The van der Waals surface area contributed by atoms with Gasteiger partial charge in [0, 0.05) is 0 Å². The SMILES string of the molecule is Cc1cc(C)c(-c2c3nc(c(-c4c(C)cc(C)cc4C)c4ccc([n-]4)c(-c4c(C)cc(C)cc4C)c4nc(c(-c5c(C)cc(C)cc5C)c5ccc2[n-]5)C=C4)C=C3)c(C)c1.[Zn+2]. The van der Waals surface area contributed by atoms with Crippen molar-refractivity contribution >= 4 is 46.4 Å². The van der Waals surface area contributed by atoms with Gasteiger partial charge < -0.3 is 9.97 Å². The fraction of sp³-hybridized carbons (Fsp3) is 0.214. The topological polar surface area (TPSA) is 54.0 Å². The summed E-state index contributed by atoms with van der Waals surface area (Å²) in [4.78, 5) is 22.4. The maximum absolute atomic E-state index is 5.59. The molecule has 4 nitrogen and oxygen atoms in total. The van der Waals surface area contributed by atoms with Crippen molar-refractivity contribution < 1.29 is 19.5 Å². The van der Waals surface area contributed by atoms with Crippen LogP contribution in [-0.4, -0.2) is 9.97 Å². The predicted molar refractivity (Wildman–Crippen MR) is 255 cm³/mol. The van der Waals surface area contributed by atoms with Crippen LogP contribution in [0.1, 0.15) is 89.5 Å². The Labute approximate surface area is 373 Å². The summed E-state index contributed by atoms with van der Waals surface area (Å²) in [6.07, 6.45) is 8.72. The van der Waals surface area contributed by atoms with Gasteiger partial charge in [0.1, 0.15) is 0 Å². The van der Waals surface area contributed by atoms with E-state index < -0.39 is 0 Å². The Morgan fingerprint density at radius 3 is 0.639 bits per heavy atom. The number of hydrogen-bond donors (Lipinski definition) is 0. The van der Waals surface area contributed by atoms with Crippen LogP contribution in [0.2, 0.25) is 0 Å². The summed E-state index contributed by atoms with van der Waals surface area (Å²) in [6, 6.07) is 26.9. The summed E-state index contributed by atoms with van der Waals surface area (Å²) in [5.74, 6) is 0. The molecule has 0 aliphatic carbocycles. The van der Waals surface area contributed by atoms with E-state index in [1.807, 2.05) is 0 Å². The maximum atomic E-state index is 5.59. The Morgan fingerprint density at radius 2 is 0.459 bits per heavy atom. The second kappa shape index (κ2) is 15.9. The molecule has 0 saturated heterocycles. The number of aryl methyl sites for hydroxylation is 12. The van der Waals surface area contributed by atoms with E-state index in [9.17, 15) is 0 Å². The van der Waals surface area contributed by atoms with Crippen molar-refractivity contribution in [2.45, 2.75) is 83.1 Å². The zero-order valence-corrected chi connectivity index (χ0v) is 40.7. The third-order valence-electron chi connectivity index (χ3n) is 12.3. The van der Waals surface area contributed by atoms with E-state index >= 15 is 0 Å². The molecule has 0 saturated carbocycles. The molecule has 0 atom stereocenters. The first-order chi connectivity index (χ1) is 28.7. The largest absolute Gasteiger partial charge is 2.00 e. The molecule has 0 fully saturated rings. The Bertz CT molecular complexity index is 2710. The molecule has 3 aromatic heterocycles. The molecule has 9 rings (SSSR count). The Balaban J connectivity index is 0.00000514. The van der Waals surface area contributed by atoms with Crippen LogP contribution in [0.4, 0.5) is 0 Å². The minimum absolute atomic E-state index is 0. The third-order valence-corrected chi connectivity index (χ3v) is 12.3. The summed E-state index contributed by atoms with van der Waals surface area (Å²) in [7, 11) is 0. The van der Waals surface area contributed by atoms with E-state index in [-0.39, 0.29) is 19.5 Å². The second-order valence-electron chi connectivity index (χ2n) is 17.5. The van der Waals surface area contributed by atoms with Crippen molar-refractivity contribution in [3.05, 3.63) is 162 Å². The van der Waals surface area contributed by atoms with Gasteiger partial charge in [-0.1, -0.05) is 95.1 Å². The van der Waals surface area contributed by atoms with Gasteiger partial charge in [-0.05, 0) is 196 Å². The van der Waals surface area contributed by atoms with Crippen LogP contribution in [0.3, 0.4) is 0 Å². The van der Waals surface area contributed by atoms with Gasteiger partial charge in [0.2, 0.25) is 0 Å². The van der Waals surface area contributed by atoms with Crippen molar-refractivity contribution in [2.24, 2.45) is 0 Å². The summed E-state index contributed by atoms with van der Waals surface area (Å²) < 4.78 is 0. The van der Waals surface area contributed by atoms with Crippen LogP contribution in [0.5, 0.6) is 0 Å². The molecule has 4 aromatic carbocycles. The van der Waals surface area contributed by atoms with Crippen LogP contribution in [-0.2, 0) is 19.5 Å². The molecule has 0 unspecified atom stereocenters. The van der Waals surface area contributed by atoms with Crippen LogP contribution >= 0.6 is 0 Å². The molecule has 0 amide bonds. The van der Waals surface area contributed by atoms with Crippen LogP contribution < -0.4 is 9.97 Å². The quantitative estimate of drug-likeness (QED) is 0.166. The fourth-order valence-corrected chi connectivity index (χ4v) is 10.4. The molecule has 298 valence electrons. The standard InChI is InChI=1S/C56H52N4.Zn/c1-29-21-33(5)49(34(6)22-29)53-41-13-15-43(57-41)54(50-35(7)23-30(2)24-36(50)8)45-17-19-47(59-45)56(52-39(11)27-32(4)28-40(52)12)48-20-18-46(60-48)55(44-16-14-42(53)58-44)51-37(9)25-31(3)26-38(51)10;/h13-28H,1-12H3;/q-2;+2. The first-order valence-electron chi connectivity index (χ1n) is 21.1. The fourth-order valence-electron chi connectivity index (χ4n) is 10.4. The molecule has 2 aliphatic rings. The van der Waals surface area contributed by atoms with Crippen molar-refractivity contribution in [1.82, 2.24) is 19.9 Å². The van der Waals surface area contributed by atoms with E-state index in [0.717, 1.165) is 89.4 Å². The summed E-state index contributed by atoms with van der Waals surface area (Å²) in [5.41, 5.74) is 30.4. The van der Waals surface area contributed by atoms with Crippen LogP contribution in [0.15, 0.2) is 72.8 Å². The monoisotopic (exact) mass is 844 g/mol. The van der Waals surface area contributed by atoms with E-state index in [2.05, 4.69) is 180 Å². The number of aromatic nitrogens is 4. The van der Waals surface area contributed by atoms with E-state index in [1.54, 1.807) is 0 Å². The molecule has 5 heterocycles. The molecule has 0 N–H and O–H groups in total. The molecular formula is C56H52N4Zn. The van der Waals surface area contributed by atoms with Crippen molar-refractivity contribution in [3.8, 4) is 44.5 Å². The van der Waals surface area contributed by atoms with Gasteiger partial charge in [0.05, 0.1) is 22.8 Å². The first kappa shape index (κ1) is 41.8. The summed E-state index contributed by atoms with van der Waals surface area (Å²) in [6.45, 7) is 26.3. The Hall–Kier alpha value is -5.90. The zero-order valence-electron chi connectivity index (χ0n) is 37.7. The minimum Gasteiger partial charge on any atom is -0.657 e. The number of rotatable bonds is 4. The predicted octanol–water partition coefficient (Wildman–Crippen LogP) is 14.3. The molecular weight excluding hydrogens is 794 g/mol. The maximum Gasteiger partial charge on any atom is 2.00 e. The molecule has 2 aliphatic heterocycles. The first-order valence-corrected chi connectivity index (χ1v) is 21.1. The van der Waals surface area contributed by atoms with E-state index in [4.69, 9.17) is 19.9 Å². The minimum atomic E-state index is 0. The van der Waals surface area contributed by atoms with Crippen LogP contribution in [0, 0.1) is 83.1 Å². The smallest absolute Gasteiger partial charge is 0.657 e. The number of hydrogen-bond acceptors (Lipinski definition) is 2. The molecule has 0 radical (unpaired) electrons. The van der Waals surface area contributed by atoms with E-state index in [1.165, 1.54) is 66.8 Å². The number of fused-ring (bicyclic) bond motifs is 8. The van der Waals surface area contributed by atoms with Gasteiger partial charge in [-0.3, -0.25) is 0 Å². The Morgan fingerprint density at radius 1 is 0.279 bits per heavy atom. The summed E-state index contributed by atoms with van der Waals surface area (Å²) in [5, 5.41) is 0. The van der Waals surface area contributed by atoms with Gasteiger partial charge in [-0.25, -0.2) is 9.97 Å². The van der Waals surface area contributed by atoms with Gasteiger partial charge in [-0.2, -0.15) is 0 Å². The number of benzene rings is 4. The van der Waals surface area contributed by atoms with Crippen molar-refractivity contribution in [3.63, 3.8) is 0 Å². The molecule has 7 aromatic rings. The summed E-state index contributed by atoms with van der Waals surface area (Å²) >= 11 is 0. The Kier molecular flexibility index (Phi) is 10.9. The molecule has 8 bridgehead atoms. The van der Waals surface area contributed by atoms with Gasteiger partial charge >= 0.3 is 19.5 Å². The molecule has 0 spiro atoms. The van der Waals surface area contributed by atoms with Gasteiger partial charge in [0.15, 0.2) is 0 Å². The van der Waals surface area contributed by atoms with Crippen molar-refractivity contribution in [1.29, 1.82) is 0 Å². The van der Waals surface area contributed by atoms with Crippen LogP contribution in [0.25, 0.3) is 90.9 Å². The average molecular weight is 846 g/mol. The van der Waals surface area contributed by atoms with Crippen molar-refractivity contribution in [2.75, 3.05) is 0 Å². The second-order valence-corrected chi connectivity index (χ2v) is 17.5. The molecule has 61 heavy (non-hydrogen) atoms. The molecule has 5 heteroatoms. The third kappa shape index (κ3) is 7.27. The van der Waals surface area contributed by atoms with E-state index in [0.29, 0.717) is 0 Å². The van der Waals surface area contributed by atoms with Gasteiger partial charge in [0.25, 0.3) is 0 Å².